The fraction of sp³-hybridized carbons (Fsp3) is 0.917. The van der Waals surface area contributed by atoms with E-state index in [2.05, 4.69) is 0 Å². The van der Waals surface area contributed by atoms with E-state index in [9.17, 15) is 4.79 Å². The lowest BCUT2D eigenvalue weighted by Crippen LogP contribution is -2.50. The molecule has 2 rings (SSSR count). The zero-order chi connectivity index (χ0) is 11.2. The maximum atomic E-state index is 12.2. The first kappa shape index (κ1) is 10.9. The highest BCUT2D eigenvalue weighted by molar-refractivity contribution is 5.83. The highest BCUT2D eigenvalue weighted by atomic mass is 16.2. The molecule has 86 valence electrons. The van der Waals surface area contributed by atoms with Crippen molar-refractivity contribution in [3.8, 4) is 0 Å². The first-order valence-electron chi connectivity index (χ1n) is 5.97. The zero-order valence-corrected chi connectivity index (χ0v) is 9.99. The lowest BCUT2D eigenvalue weighted by Gasteiger charge is -2.35. The second-order valence-corrected chi connectivity index (χ2v) is 5.70. The molecular formula is C12H22N2O. The molecule has 2 aliphatic rings. The van der Waals surface area contributed by atoms with Crippen LogP contribution in [0.3, 0.4) is 0 Å². The third kappa shape index (κ3) is 1.67. The molecule has 1 amide bonds. The average molecular weight is 210 g/mol. The largest absolute Gasteiger partial charge is 0.339 e. The molecule has 0 radical (unpaired) electrons. The molecule has 0 spiro atoms. The Kier molecular flexibility index (Phi) is 2.53. The number of hydrogen-bond donors (Lipinski definition) is 1. The van der Waals surface area contributed by atoms with E-state index in [1.807, 2.05) is 25.8 Å². The van der Waals surface area contributed by atoms with E-state index in [-0.39, 0.29) is 5.54 Å². The molecule has 2 aliphatic carbocycles. The molecule has 0 aromatic heterocycles. The minimum absolute atomic E-state index is 0.200. The Morgan fingerprint density at radius 2 is 1.93 bits per heavy atom. The van der Waals surface area contributed by atoms with E-state index >= 15 is 0 Å². The first-order valence-corrected chi connectivity index (χ1v) is 5.97. The van der Waals surface area contributed by atoms with Crippen LogP contribution in [0.1, 0.15) is 33.1 Å². The van der Waals surface area contributed by atoms with Gasteiger partial charge in [0.05, 0.1) is 0 Å². The number of likely N-dealkylation sites (N-methyl/N-ethyl adjacent to an activating group) is 1. The minimum atomic E-state index is -0.200. The highest BCUT2D eigenvalue weighted by Crippen LogP contribution is 2.58. The van der Waals surface area contributed by atoms with Crippen LogP contribution in [-0.4, -0.2) is 29.9 Å². The summed E-state index contributed by atoms with van der Waals surface area (Å²) in [4.78, 5) is 14.1. The van der Waals surface area contributed by atoms with Crippen molar-refractivity contribution in [2.45, 2.75) is 38.6 Å². The number of rotatable bonds is 3. The van der Waals surface area contributed by atoms with Crippen LogP contribution in [0.2, 0.25) is 0 Å². The number of nitrogens with zero attached hydrogens (tertiary/aromatic N) is 1. The van der Waals surface area contributed by atoms with Gasteiger partial charge < -0.3 is 10.6 Å². The van der Waals surface area contributed by atoms with Gasteiger partial charge in [0.2, 0.25) is 5.91 Å². The van der Waals surface area contributed by atoms with Gasteiger partial charge in [-0.3, -0.25) is 4.79 Å². The molecule has 3 heteroatoms. The van der Waals surface area contributed by atoms with Gasteiger partial charge in [0.25, 0.3) is 0 Å². The number of hydrogen-bond acceptors (Lipinski definition) is 2. The SMILES string of the molecule is CN(C(=O)C1C2CCCC21)C(C)(C)CN. The third-order valence-electron chi connectivity index (χ3n) is 4.43. The molecule has 0 aromatic carbocycles. The van der Waals surface area contributed by atoms with Gasteiger partial charge in [-0.15, -0.1) is 0 Å². The summed E-state index contributed by atoms with van der Waals surface area (Å²) in [7, 11) is 1.89. The van der Waals surface area contributed by atoms with Gasteiger partial charge in [-0.05, 0) is 38.5 Å². The van der Waals surface area contributed by atoms with Gasteiger partial charge >= 0.3 is 0 Å². The van der Waals surface area contributed by atoms with Crippen LogP contribution in [0.25, 0.3) is 0 Å². The summed E-state index contributed by atoms with van der Waals surface area (Å²) in [6, 6.07) is 0. The van der Waals surface area contributed by atoms with Crippen molar-refractivity contribution < 1.29 is 4.79 Å². The van der Waals surface area contributed by atoms with Crippen LogP contribution in [0, 0.1) is 17.8 Å². The van der Waals surface area contributed by atoms with Crippen LogP contribution in [0.5, 0.6) is 0 Å². The van der Waals surface area contributed by atoms with Crippen LogP contribution >= 0.6 is 0 Å². The van der Waals surface area contributed by atoms with Gasteiger partial charge in [-0.2, -0.15) is 0 Å². The summed E-state index contributed by atoms with van der Waals surface area (Å²) in [5, 5.41) is 0. The molecule has 0 aromatic rings. The quantitative estimate of drug-likeness (QED) is 0.761. The summed E-state index contributed by atoms with van der Waals surface area (Å²) in [6.07, 6.45) is 3.85. The Bertz CT molecular complexity index is 265. The van der Waals surface area contributed by atoms with Crippen molar-refractivity contribution in [1.82, 2.24) is 4.90 Å². The molecule has 0 saturated heterocycles. The lowest BCUT2D eigenvalue weighted by molar-refractivity contribution is -0.136. The van der Waals surface area contributed by atoms with Crippen LogP contribution in [0.15, 0.2) is 0 Å². The van der Waals surface area contributed by atoms with Crippen molar-refractivity contribution in [2.75, 3.05) is 13.6 Å². The number of nitrogens with two attached hydrogens (primary N) is 1. The van der Waals surface area contributed by atoms with Gasteiger partial charge in [0, 0.05) is 25.0 Å². The van der Waals surface area contributed by atoms with Gasteiger partial charge in [0.15, 0.2) is 0 Å². The Hall–Kier alpha value is -0.570. The number of amides is 1. The Balaban J connectivity index is 1.97. The highest BCUT2D eigenvalue weighted by Gasteiger charge is 2.57. The molecule has 2 unspecified atom stereocenters. The second-order valence-electron chi connectivity index (χ2n) is 5.70. The van der Waals surface area contributed by atoms with Crippen molar-refractivity contribution >= 4 is 5.91 Å². The summed E-state index contributed by atoms with van der Waals surface area (Å²) in [6.45, 7) is 4.59. The van der Waals surface area contributed by atoms with Gasteiger partial charge in [-0.25, -0.2) is 0 Å². The Morgan fingerprint density at radius 3 is 2.40 bits per heavy atom. The minimum Gasteiger partial charge on any atom is -0.339 e. The van der Waals surface area contributed by atoms with Crippen LogP contribution in [0.4, 0.5) is 0 Å². The Labute approximate surface area is 92.0 Å². The van der Waals surface area contributed by atoms with E-state index in [0.717, 1.165) is 0 Å². The van der Waals surface area contributed by atoms with Crippen LogP contribution in [-0.2, 0) is 4.79 Å². The summed E-state index contributed by atoms with van der Waals surface area (Å²) in [5.41, 5.74) is 5.49. The predicted octanol–water partition coefficient (Wildman–Crippen LogP) is 1.23. The summed E-state index contributed by atoms with van der Waals surface area (Å²) >= 11 is 0. The average Bonchev–Trinajstić information content (AvgIpc) is 2.69. The number of carbonyl (C=O) groups excluding carboxylic acids is 1. The van der Waals surface area contributed by atoms with Crippen LogP contribution < -0.4 is 5.73 Å². The molecule has 0 bridgehead atoms. The maximum absolute atomic E-state index is 12.2. The normalized spacial score (nSPS) is 33.7. The molecule has 2 N–H and O–H groups in total. The lowest BCUT2D eigenvalue weighted by atomic mass is 10.0. The van der Waals surface area contributed by atoms with E-state index < -0.39 is 0 Å². The van der Waals surface area contributed by atoms with E-state index in [1.165, 1.54) is 19.3 Å². The van der Waals surface area contributed by atoms with Gasteiger partial charge in [0.1, 0.15) is 0 Å². The smallest absolute Gasteiger partial charge is 0.226 e. The monoisotopic (exact) mass is 210 g/mol. The van der Waals surface area contributed by atoms with Crippen molar-refractivity contribution in [2.24, 2.45) is 23.5 Å². The third-order valence-corrected chi connectivity index (χ3v) is 4.43. The van der Waals surface area contributed by atoms with E-state index in [4.69, 9.17) is 5.73 Å². The zero-order valence-electron chi connectivity index (χ0n) is 9.99. The Morgan fingerprint density at radius 1 is 1.40 bits per heavy atom. The second kappa shape index (κ2) is 3.48. The number of carbonyl (C=O) groups is 1. The van der Waals surface area contributed by atoms with Gasteiger partial charge in [-0.1, -0.05) is 6.42 Å². The molecule has 2 atom stereocenters. The van der Waals surface area contributed by atoms with Crippen molar-refractivity contribution in [1.29, 1.82) is 0 Å². The van der Waals surface area contributed by atoms with Crippen molar-refractivity contribution in [3.63, 3.8) is 0 Å². The summed E-state index contributed by atoms with van der Waals surface area (Å²) in [5.74, 6) is 2.05. The molecule has 3 nitrogen and oxygen atoms in total. The van der Waals surface area contributed by atoms with E-state index in [0.29, 0.717) is 30.2 Å². The standard InChI is InChI=1S/C12H22N2O/c1-12(2,7-13)14(3)11(15)10-8-5-4-6-9(8)10/h8-10H,4-7,13H2,1-3H3. The first-order chi connectivity index (χ1) is 6.99. The number of fused-ring (bicyclic) bond motifs is 1. The fourth-order valence-electron chi connectivity index (χ4n) is 2.85. The fourth-order valence-corrected chi connectivity index (χ4v) is 2.85. The molecule has 15 heavy (non-hydrogen) atoms. The molecule has 0 heterocycles. The van der Waals surface area contributed by atoms with E-state index in [1.54, 1.807) is 0 Å². The maximum Gasteiger partial charge on any atom is 0.226 e. The summed E-state index contributed by atoms with van der Waals surface area (Å²) < 4.78 is 0. The molecule has 0 aliphatic heterocycles. The topological polar surface area (TPSA) is 46.3 Å². The molecule has 2 saturated carbocycles. The molecular weight excluding hydrogens is 188 g/mol. The molecule has 2 fully saturated rings. The van der Waals surface area contributed by atoms with Crippen molar-refractivity contribution in [3.05, 3.63) is 0 Å². The predicted molar refractivity (Wildman–Crippen MR) is 60.2 cm³/mol.